The molecule has 2 rings (SSSR count). The first-order chi connectivity index (χ1) is 8.08. The highest BCUT2D eigenvalue weighted by molar-refractivity contribution is 6.32. The molecule has 0 atom stereocenters. The first-order valence-corrected chi connectivity index (χ1v) is 5.03. The molecule has 7 nitrogen and oxygen atoms in total. The number of aromatic nitrogens is 4. The fourth-order valence-corrected chi connectivity index (χ4v) is 1.41. The fourth-order valence-electron chi connectivity index (χ4n) is 1.20. The molecule has 0 aliphatic rings. The topological polar surface area (TPSA) is 101 Å². The number of rotatable bonds is 2. The van der Waals surface area contributed by atoms with E-state index in [0.717, 1.165) is 5.01 Å². The molecule has 0 spiro atoms. The van der Waals surface area contributed by atoms with Gasteiger partial charge in [0.1, 0.15) is 5.69 Å². The van der Waals surface area contributed by atoms with Crippen molar-refractivity contribution in [2.75, 3.05) is 12.1 Å². The van der Waals surface area contributed by atoms with Crippen molar-refractivity contribution < 1.29 is 0 Å². The number of hydrazine groups is 1. The Balaban J connectivity index is 2.60. The molecule has 2 aromatic heterocycles. The molecule has 2 aromatic rings. The molecule has 0 aliphatic carbocycles. The van der Waals surface area contributed by atoms with Crippen molar-refractivity contribution in [2.24, 2.45) is 5.84 Å². The second-order valence-corrected chi connectivity index (χ2v) is 3.65. The summed E-state index contributed by atoms with van der Waals surface area (Å²) in [5.41, 5.74) is -0.194. The van der Waals surface area contributed by atoms with Crippen molar-refractivity contribution in [3.8, 4) is 11.5 Å². The van der Waals surface area contributed by atoms with Crippen LogP contribution in [-0.4, -0.2) is 27.0 Å². The lowest BCUT2D eigenvalue weighted by atomic mass is 10.3. The molecule has 0 amide bonds. The van der Waals surface area contributed by atoms with Gasteiger partial charge in [0.25, 0.3) is 0 Å². The molecule has 0 bridgehead atoms. The van der Waals surface area contributed by atoms with E-state index in [-0.39, 0.29) is 11.8 Å². The molecule has 0 unspecified atom stereocenters. The monoisotopic (exact) mass is 252 g/mol. The van der Waals surface area contributed by atoms with E-state index in [9.17, 15) is 4.79 Å². The Morgan fingerprint density at radius 1 is 1.47 bits per heavy atom. The van der Waals surface area contributed by atoms with E-state index < -0.39 is 5.69 Å². The van der Waals surface area contributed by atoms with Gasteiger partial charge in [-0.15, -0.1) is 0 Å². The first kappa shape index (κ1) is 11.5. The van der Waals surface area contributed by atoms with Crippen molar-refractivity contribution in [1.82, 2.24) is 19.9 Å². The van der Waals surface area contributed by atoms with E-state index in [4.69, 9.17) is 17.4 Å². The third kappa shape index (κ3) is 2.40. The number of hydrogen-bond acceptors (Lipinski definition) is 6. The summed E-state index contributed by atoms with van der Waals surface area (Å²) in [7, 11) is 1.53. The minimum absolute atomic E-state index is 0.0884. The molecule has 2 heterocycles. The molecule has 0 fully saturated rings. The summed E-state index contributed by atoms with van der Waals surface area (Å²) in [5.74, 6) is 5.78. The Morgan fingerprint density at radius 3 is 2.88 bits per heavy atom. The van der Waals surface area contributed by atoms with Gasteiger partial charge < -0.3 is 0 Å². The van der Waals surface area contributed by atoms with E-state index in [1.165, 1.54) is 7.05 Å². The fraction of sp³-hybridized carbons (Fsp3) is 0.111. The first-order valence-electron chi connectivity index (χ1n) is 4.65. The highest BCUT2D eigenvalue weighted by atomic mass is 35.5. The lowest BCUT2D eigenvalue weighted by Crippen LogP contribution is -2.30. The lowest BCUT2D eigenvalue weighted by molar-refractivity contribution is 0.883. The zero-order chi connectivity index (χ0) is 12.4. The number of nitrogens with zero attached hydrogens (tertiary/aromatic N) is 4. The molecule has 0 saturated carbocycles. The second-order valence-electron chi connectivity index (χ2n) is 3.25. The van der Waals surface area contributed by atoms with E-state index in [0.29, 0.717) is 10.7 Å². The van der Waals surface area contributed by atoms with Gasteiger partial charge in [-0.25, -0.2) is 10.6 Å². The number of halogens is 1. The summed E-state index contributed by atoms with van der Waals surface area (Å²) >= 11 is 5.95. The summed E-state index contributed by atoms with van der Waals surface area (Å²) in [6.07, 6.45) is 1.55. The minimum atomic E-state index is -0.566. The number of nitrogens with one attached hydrogen (secondary N) is 1. The van der Waals surface area contributed by atoms with Crippen LogP contribution in [-0.2, 0) is 0 Å². The summed E-state index contributed by atoms with van der Waals surface area (Å²) < 4.78 is 0. The standard InChI is InChI=1S/C9H9ClN6O/c1-16(11)8-13-7(14-9(17)15-8)6-5(10)3-2-4-12-6/h2-4H,11H2,1H3,(H,13,14,15,17). The number of pyridine rings is 1. The van der Waals surface area contributed by atoms with Crippen LogP contribution in [0.4, 0.5) is 5.95 Å². The van der Waals surface area contributed by atoms with Crippen molar-refractivity contribution in [2.45, 2.75) is 0 Å². The minimum Gasteiger partial charge on any atom is -0.288 e. The maximum Gasteiger partial charge on any atom is 0.349 e. The third-order valence-electron chi connectivity index (χ3n) is 1.94. The Labute approximate surface area is 101 Å². The van der Waals surface area contributed by atoms with Crippen molar-refractivity contribution in [3.05, 3.63) is 33.8 Å². The average Bonchev–Trinajstić information content (AvgIpc) is 2.28. The number of anilines is 1. The summed E-state index contributed by atoms with van der Waals surface area (Å²) in [5, 5.41) is 1.52. The number of nitrogens with two attached hydrogens (primary N) is 1. The summed E-state index contributed by atoms with van der Waals surface area (Å²) in [6.45, 7) is 0. The molecule has 17 heavy (non-hydrogen) atoms. The van der Waals surface area contributed by atoms with Gasteiger partial charge in [-0.05, 0) is 12.1 Å². The van der Waals surface area contributed by atoms with Crippen molar-refractivity contribution in [1.29, 1.82) is 0 Å². The molecule has 0 saturated heterocycles. The molecular formula is C9H9ClN6O. The predicted octanol–water partition coefficient (Wildman–Crippen LogP) is 0.190. The van der Waals surface area contributed by atoms with E-state index in [1.54, 1.807) is 18.3 Å². The van der Waals surface area contributed by atoms with E-state index >= 15 is 0 Å². The lowest BCUT2D eigenvalue weighted by Gasteiger charge is -2.09. The van der Waals surface area contributed by atoms with Crippen LogP contribution in [0.15, 0.2) is 23.1 Å². The molecule has 3 N–H and O–H groups in total. The Kier molecular flexibility index (Phi) is 3.03. The zero-order valence-corrected chi connectivity index (χ0v) is 9.64. The van der Waals surface area contributed by atoms with Crippen LogP contribution >= 0.6 is 11.6 Å². The van der Waals surface area contributed by atoms with Crippen LogP contribution in [0.3, 0.4) is 0 Å². The summed E-state index contributed by atoms with van der Waals surface area (Å²) in [4.78, 5) is 25.5. The van der Waals surface area contributed by atoms with E-state index in [2.05, 4.69) is 19.9 Å². The highest BCUT2D eigenvalue weighted by Gasteiger charge is 2.10. The van der Waals surface area contributed by atoms with E-state index in [1.807, 2.05) is 0 Å². The number of aromatic amines is 1. The Bertz CT molecular complexity index is 596. The van der Waals surface area contributed by atoms with Gasteiger partial charge in [-0.2, -0.15) is 9.97 Å². The molecule has 0 aliphatic heterocycles. The Morgan fingerprint density at radius 2 is 2.24 bits per heavy atom. The van der Waals surface area contributed by atoms with Gasteiger partial charge in [0.05, 0.1) is 5.02 Å². The zero-order valence-electron chi connectivity index (χ0n) is 8.88. The summed E-state index contributed by atoms with van der Waals surface area (Å²) in [6, 6.07) is 3.33. The Hall–Kier alpha value is -1.99. The van der Waals surface area contributed by atoms with Gasteiger partial charge in [0.15, 0.2) is 5.82 Å². The van der Waals surface area contributed by atoms with Gasteiger partial charge in [-0.3, -0.25) is 15.0 Å². The third-order valence-corrected chi connectivity index (χ3v) is 2.24. The highest BCUT2D eigenvalue weighted by Crippen LogP contribution is 2.21. The largest absolute Gasteiger partial charge is 0.349 e. The maximum absolute atomic E-state index is 11.3. The molecule has 0 radical (unpaired) electrons. The molecule has 0 aromatic carbocycles. The van der Waals surface area contributed by atoms with Crippen LogP contribution in [0.1, 0.15) is 0 Å². The quantitative estimate of drug-likeness (QED) is 0.585. The maximum atomic E-state index is 11.3. The molecular weight excluding hydrogens is 244 g/mol. The average molecular weight is 253 g/mol. The van der Waals surface area contributed by atoms with Crippen LogP contribution in [0, 0.1) is 0 Å². The molecule has 8 heteroatoms. The van der Waals surface area contributed by atoms with Gasteiger partial charge in [0, 0.05) is 13.2 Å². The second kappa shape index (κ2) is 4.48. The van der Waals surface area contributed by atoms with Gasteiger partial charge in [-0.1, -0.05) is 11.6 Å². The van der Waals surface area contributed by atoms with Crippen LogP contribution in [0.5, 0.6) is 0 Å². The van der Waals surface area contributed by atoms with Crippen LogP contribution in [0.25, 0.3) is 11.5 Å². The van der Waals surface area contributed by atoms with Gasteiger partial charge >= 0.3 is 5.69 Å². The SMILES string of the molecule is CN(N)c1nc(-c2ncccc2Cl)[nH]c(=O)n1. The van der Waals surface area contributed by atoms with Crippen molar-refractivity contribution >= 4 is 17.5 Å². The van der Waals surface area contributed by atoms with Gasteiger partial charge in [0.2, 0.25) is 5.95 Å². The number of hydrogen-bond donors (Lipinski definition) is 2. The molecule has 88 valence electrons. The normalized spacial score (nSPS) is 10.3. The number of H-pyrrole nitrogens is 1. The smallest absolute Gasteiger partial charge is 0.288 e. The van der Waals surface area contributed by atoms with Crippen LogP contribution in [0.2, 0.25) is 5.02 Å². The van der Waals surface area contributed by atoms with Crippen LogP contribution < -0.4 is 16.5 Å². The van der Waals surface area contributed by atoms with Crippen molar-refractivity contribution in [3.63, 3.8) is 0 Å². The predicted molar refractivity (Wildman–Crippen MR) is 63.5 cm³/mol.